The lowest BCUT2D eigenvalue weighted by molar-refractivity contribution is 0.428. The van der Waals surface area contributed by atoms with E-state index >= 15 is 0 Å². The first-order chi connectivity index (χ1) is 6.38. The van der Waals surface area contributed by atoms with Crippen molar-refractivity contribution >= 4 is 0 Å². The van der Waals surface area contributed by atoms with Crippen molar-refractivity contribution in [2.24, 2.45) is 0 Å². The first kappa shape index (κ1) is 8.56. The molecule has 0 aliphatic carbocycles. The molecule has 1 aliphatic heterocycles. The number of nitrogens with zero attached hydrogens (tertiary/aromatic N) is 2. The Morgan fingerprint density at radius 2 is 1.92 bits per heavy atom. The Bertz CT molecular complexity index is 284. The number of nitrogens with one attached hydrogen (secondary N) is 1. The zero-order chi connectivity index (χ0) is 9.10. The third-order valence-corrected chi connectivity index (χ3v) is 2.41. The maximum atomic E-state index is 13.2. The zero-order valence-electron chi connectivity index (χ0n) is 7.33. The Hall–Kier alpha value is -1.03. The first-order valence-corrected chi connectivity index (χ1v) is 4.55. The summed E-state index contributed by atoms with van der Waals surface area (Å²) in [5, 5.41) is 3.23. The van der Waals surface area contributed by atoms with E-state index in [1.54, 1.807) is 6.20 Å². The van der Waals surface area contributed by atoms with Crippen molar-refractivity contribution in [3.8, 4) is 0 Å². The average Bonchev–Trinajstić information content (AvgIpc) is 2.20. The minimum Gasteiger partial charge on any atom is -0.317 e. The van der Waals surface area contributed by atoms with Gasteiger partial charge in [-0.3, -0.25) is 4.98 Å². The molecular weight excluding hydrogens is 169 g/mol. The topological polar surface area (TPSA) is 37.8 Å². The minimum atomic E-state index is -0.408. The highest BCUT2D eigenvalue weighted by molar-refractivity contribution is 5.06. The Balaban J connectivity index is 2.18. The maximum Gasteiger partial charge on any atom is 0.234 e. The molecule has 1 saturated heterocycles. The summed E-state index contributed by atoms with van der Waals surface area (Å²) in [4.78, 5) is 7.64. The quantitative estimate of drug-likeness (QED) is 0.704. The molecule has 1 fully saturated rings. The van der Waals surface area contributed by atoms with Gasteiger partial charge in [0.15, 0.2) is 0 Å². The van der Waals surface area contributed by atoms with Crippen LogP contribution in [0, 0.1) is 5.95 Å². The van der Waals surface area contributed by atoms with Gasteiger partial charge in [-0.2, -0.15) is 4.39 Å². The fourth-order valence-corrected chi connectivity index (χ4v) is 1.70. The summed E-state index contributed by atoms with van der Waals surface area (Å²) in [7, 11) is 0. The summed E-state index contributed by atoms with van der Waals surface area (Å²) in [6.07, 6.45) is 4.85. The molecule has 0 unspecified atom stereocenters. The van der Waals surface area contributed by atoms with E-state index in [0.29, 0.717) is 5.69 Å². The van der Waals surface area contributed by atoms with Crippen LogP contribution in [0.2, 0.25) is 0 Å². The molecular formula is C9H12FN3. The highest BCUT2D eigenvalue weighted by atomic mass is 19.1. The lowest BCUT2D eigenvalue weighted by Crippen LogP contribution is -2.27. The van der Waals surface area contributed by atoms with Crippen LogP contribution in [0.15, 0.2) is 12.4 Å². The Morgan fingerprint density at radius 1 is 1.23 bits per heavy atom. The van der Waals surface area contributed by atoms with Crippen molar-refractivity contribution in [1.82, 2.24) is 15.3 Å². The molecule has 4 heteroatoms. The van der Waals surface area contributed by atoms with Crippen LogP contribution in [0.3, 0.4) is 0 Å². The van der Waals surface area contributed by atoms with Crippen LogP contribution in [-0.2, 0) is 0 Å². The van der Waals surface area contributed by atoms with E-state index in [1.807, 2.05) is 0 Å². The number of aromatic nitrogens is 2. The Labute approximate surface area is 76.4 Å². The van der Waals surface area contributed by atoms with Gasteiger partial charge in [0.2, 0.25) is 5.95 Å². The van der Waals surface area contributed by atoms with Crippen molar-refractivity contribution in [1.29, 1.82) is 0 Å². The molecule has 0 aromatic carbocycles. The standard InChI is InChI=1S/C9H12FN3/c10-9-8(12-5-6-13-9)7-1-3-11-4-2-7/h5-7,11H,1-4H2. The average molecular weight is 181 g/mol. The van der Waals surface area contributed by atoms with E-state index < -0.39 is 5.95 Å². The van der Waals surface area contributed by atoms with Gasteiger partial charge in [0.05, 0.1) is 5.69 Å². The van der Waals surface area contributed by atoms with Crippen LogP contribution in [-0.4, -0.2) is 23.1 Å². The number of rotatable bonds is 1. The molecule has 3 nitrogen and oxygen atoms in total. The zero-order valence-corrected chi connectivity index (χ0v) is 7.33. The number of hydrogen-bond acceptors (Lipinski definition) is 3. The summed E-state index contributed by atoms with van der Waals surface area (Å²) in [5.74, 6) is -0.163. The number of hydrogen-bond donors (Lipinski definition) is 1. The smallest absolute Gasteiger partial charge is 0.234 e. The van der Waals surface area contributed by atoms with E-state index in [0.717, 1.165) is 25.9 Å². The molecule has 1 N–H and O–H groups in total. The van der Waals surface area contributed by atoms with Gasteiger partial charge in [-0.15, -0.1) is 0 Å². The summed E-state index contributed by atoms with van der Waals surface area (Å²) >= 11 is 0. The van der Waals surface area contributed by atoms with Gasteiger partial charge in [-0.25, -0.2) is 4.98 Å². The molecule has 2 rings (SSSR count). The van der Waals surface area contributed by atoms with Gasteiger partial charge >= 0.3 is 0 Å². The van der Waals surface area contributed by atoms with E-state index in [-0.39, 0.29) is 5.92 Å². The van der Waals surface area contributed by atoms with Crippen molar-refractivity contribution < 1.29 is 4.39 Å². The van der Waals surface area contributed by atoms with Gasteiger partial charge < -0.3 is 5.32 Å². The number of halogens is 1. The molecule has 0 atom stereocenters. The number of piperidine rings is 1. The maximum absolute atomic E-state index is 13.2. The Kier molecular flexibility index (Phi) is 2.49. The van der Waals surface area contributed by atoms with Crippen LogP contribution in [0.1, 0.15) is 24.5 Å². The van der Waals surface area contributed by atoms with Gasteiger partial charge in [0.25, 0.3) is 0 Å². The van der Waals surface area contributed by atoms with Gasteiger partial charge in [-0.05, 0) is 25.9 Å². The van der Waals surface area contributed by atoms with E-state index in [1.165, 1.54) is 6.20 Å². The third-order valence-electron chi connectivity index (χ3n) is 2.41. The predicted octanol–water partition coefficient (Wildman–Crippen LogP) is 1.08. The lowest BCUT2D eigenvalue weighted by atomic mass is 9.95. The van der Waals surface area contributed by atoms with Crippen LogP contribution in [0.5, 0.6) is 0 Å². The fraction of sp³-hybridized carbons (Fsp3) is 0.556. The van der Waals surface area contributed by atoms with E-state index in [2.05, 4.69) is 15.3 Å². The van der Waals surface area contributed by atoms with Crippen molar-refractivity contribution in [2.75, 3.05) is 13.1 Å². The monoisotopic (exact) mass is 181 g/mol. The van der Waals surface area contributed by atoms with Gasteiger partial charge in [0, 0.05) is 18.3 Å². The molecule has 1 aliphatic rings. The summed E-state index contributed by atoms with van der Waals surface area (Å²) < 4.78 is 13.2. The molecule has 0 radical (unpaired) electrons. The van der Waals surface area contributed by atoms with Crippen LogP contribution in [0.4, 0.5) is 4.39 Å². The molecule has 2 heterocycles. The lowest BCUT2D eigenvalue weighted by Gasteiger charge is -2.21. The first-order valence-electron chi connectivity index (χ1n) is 4.55. The second-order valence-corrected chi connectivity index (χ2v) is 3.26. The van der Waals surface area contributed by atoms with E-state index in [4.69, 9.17) is 0 Å². The third kappa shape index (κ3) is 1.83. The highest BCUT2D eigenvalue weighted by Crippen LogP contribution is 2.23. The molecule has 70 valence electrons. The Morgan fingerprint density at radius 3 is 2.62 bits per heavy atom. The van der Waals surface area contributed by atoms with Crippen LogP contribution >= 0.6 is 0 Å². The van der Waals surface area contributed by atoms with Crippen molar-refractivity contribution in [3.63, 3.8) is 0 Å². The molecule has 1 aromatic heterocycles. The molecule has 0 saturated carbocycles. The predicted molar refractivity (Wildman–Crippen MR) is 46.8 cm³/mol. The van der Waals surface area contributed by atoms with Crippen molar-refractivity contribution in [3.05, 3.63) is 24.0 Å². The van der Waals surface area contributed by atoms with E-state index in [9.17, 15) is 4.39 Å². The molecule has 13 heavy (non-hydrogen) atoms. The molecule has 0 amide bonds. The fourth-order valence-electron chi connectivity index (χ4n) is 1.70. The summed E-state index contributed by atoms with van der Waals surface area (Å²) in [6, 6.07) is 0. The minimum absolute atomic E-state index is 0.245. The van der Waals surface area contributed by atoms with Crippen LogP contribution in [0.25, 0.3) is 0 Å². The second kappa shape index (κ2) is 3.79. The summed E-state index contributed by atoms with van der Waals surface area (Å²) in [5.41, 5.74) is 0.531. The SMILES string of the molecule is Fc1nccnc1C1CCNCC1. The molecule has 0 spiro atoms. The highest BCUT2D eigenvalue weighted by Gasteiger charge is 2.19. The summed E-state index contributed by atoms with van der Waals surface area (Å²) in [6.45, 7) is 1.89. The second-order valence-electron chi connectivity index (χ2n) is 3.26. The van der Waals surface area contributed by atoms with Crippen LogP contribution < -0.4 is 5.32 Å². The normalized spacial score (nSPS) is 18.8. The van der Waals surface area contributed by atoms with Gasteiger partial charge in [0.1, 0.15) is 0 Å². The van der Waals surface area contributed by atoms with Gasteiger partial charge in [-0.1, -0.05) is 0 Å². The van der Waals surface area contributed by atoms with Crippen molar-refractivity contribution in [2.45, 2.75) is 18.8 Å². The largest absolute Gasteiger partial charge is 0.317 e. The molecule has 1 aromatic rings. The molecule has 0 bridgehead atoms.